The molecule has 1 aliphatic heterocycles. The molecule has 0 aromatic heterocycles. The van der Waals surface area contributed by atoms with E-state index in [-0.39, 0.29) is 11.7 Å². The van der Waals surface area contributed by atoms with Crippen molar-refractivity contribution in [1.29, 1.82) is 0 Å². The van der Waals surface area contributed by atoms with Crippen LogP contribution in [0.3, 0.4) is 0 Å². The van der Waals surface area contributed by atoms with Crippen molar-refractivity contribution in [3.8, 4) is 11.5 Å². The molecule has 1 unspecified atom stereocenters. The summed E-state index contributed by atoms with van der Waals surface area (Å²) in [6, 6.07) is 11.6. The molecular formula is C18H17BrN2O2. The van der Waals surface area contributed by atoms with Crippen molar-refractivity contribution in [2.45, 2.75) is 19.0 Å². The fourth-order valence-corrected chi connectivity index (χ4v) is 3.01. The van der Waals surface area contributed by atoms with Gasteiger partial charge in [0.15, 0.2) is 11.5 Å². The number of halogens is 1. The van der Waals surface area contributed by atoms with E-state index in [4.69, 9.17) is 4.74 Å². The molecular weight excluding hydrogens is 356 g/mol. The average Bonchev–Trinajstić information content (AvgIpc) is 2.55. The highest BCUT2D eigenvalue weighted by Crippen LogP contribution is 2.27. The van der Waals surface area contributed by atoms with Crippen LogP contribution in [0.15, 0.2) is 50.9 Å². The number of methoxy groups -OCH3 is 1. The van der Waals surface area contributed by atoms with Gasteiger partial charge in [-0.05, 0) is 41.0 Å². The zero-order valence-electron chi connectivity index (χ0n) is 12.7. The lowest BCUT2D eigenvalue weighted by molar-refractivity contribution is 0.373. The van der Waals surface area contributed by atoms with Gasteiger partial charge in [-0.2, -0.15) is 0 Å². The summed E-state index contributed by atoms with van der Waals surface area (Å²) in [4.78, 5) is 8.91. The Morgan fingerprint density at radius 1 is 1.35 bits per heavy atom. The Kier molecular flexibility index (Phi) is 4.76. The van der Waals surface area contributed by atoms with E-state index in [1.54, 1.807) is 12.1 Å². The minimum Gasteiger partial charge on any atom is -0.504 e. The molecule has 2 aromatic carbocycles. The molecule has 0 bridgehead atoms. The first-order valence-corrected chi connectivity index (χ1v) is 8.11. The third kappa shape index (κ3) is 3.62. The highest BCUT2D eigenvalue weighted by atomic mass is 79.9. The number of rotatable bonds is 4. The van der Waals surface area contributed by atoms with Crippen LogP contribution in [0.1, 0.15) is 22.6 Å². The third-order valence-electron chi connectivity index (χ3n) is 3.77. The van der Waals surface area contributed by atoms with Gasteiger partial charge >= 0.3 is 0 Å². The molecule has 2 aromatic rings. The van der Waals surface area contributed by atoms with Crippen LogP contribution in [0.4, 0.5) is 0 Å². The zero-order valence-corrected chi connectivity index (χ0v) is 14.3. The smallest absolute Gasteiger partial charge is 0.160 e. The predicted octanol–water partition coefficient (Wildman–Crippen LogP) is 4.10. The van der Waals surface area contributed by atoms with Crippen LogP contribution < -0.4 is 4.74 Å². The van der Waals surface area contributed by atoms with E-state index in [1.165, 1.54) is 18.2 Å². The van der Waals surface area contributed by atoms with Crippen LogP contribution in [-0.2, 0) is 13.1 Å². The van der Waals surface area contributed by atoms with Gasteiger partial charge in [0.2, 0.25) is 0 Å². The molecule has 0 saturated carbocycles. The molecule has 5 heteroatoms. The normalized spacial score (nSPS) is 16.5. The van der Waals surface area contributed by atoms with Crippen molar-refractivity contribution in [3.63, 3.8) is 0 Å². The van der Waals surface area contributed by atoms with Gasteiger partial charge in [-0.25, -0.2) is 0 Å². The molecule has 1 heterocycles. The topological polar surface area (TPSA) is 54.2 Å². The lowest BCUT2D eigenvalue weighted by Crippen LogP contribution is -2.10. The van der Waals surface area contributed by atoms with Gasteiger partial charge in [0.25, 0.3) is 0 Å². The summed E-state index contributed by atoms with van der Waals surface area (Å²) in [5, 5.41) is 9.79. The largest absolute Gasteiger partial charge is 0.504 e. The van der Waals surface area contributed by atoms with Crippen molar-refractivity contribution >= 4 is 28.4 Å². The van der Waals surface area contributed by atoms with Gasteiger partial charge in [0.05, 0.1) is 26.1 Å². The van der Waals surface area contributed by atoms with E-state index in [1.807, 2.05) is 24.6 Å². The molecule has 23 heavy (non-hydrogen) atoms. The minimum absolute atomic E-state index is 0.0960. The second-order valence-corrected chi connectivity index (χ2v) is 6.27. The molecule has 1 N–H and O–H groups in total. The highest BCUT2D eigenvalue weighted by Gasteiger charge is 2.15. The maximum absolute atomic E-state index is 9.79. The van der Waals surface area contributed by atoms with Crippen molar-refractivity contribution in [2.75, 3.05) is 7.11 Å². The number of phenolic OH excluding ortho intramolecular Hbond substituents is 1. The molecule has 0 radical (unpaired) electrons. The molecule has 0 aliphatic carbocycles. The van der Waals surface area contributed by atoms with Crippen molar-refractivity contribution < 1.29 is 9.84 Å². The summed E-state index contributed by atoms with van der Waals surface area (Å²) in [6.45, 7) is 1.22. The minimum atomic E-state index is 0.0960. The van der Waals surface area contributed by atoms with E-state index in [0.29, 0.717) is 18.8 Å². The number of aromatic hydroxyl groups is 1. The number of hydrogen-bond donors (Lipinski definition) is 1. The molecule has 118 valence electrons. The maximum atomic E-state index is 9.79. The summed E-state index contributed by atoms with van der Waals surface area (Å²) >= 11 is 3.49. The van der Waals surface area contributed by atoms with Crippen LogP contribution in [0.5, 0.6) is 11.5 Å². The first kappa shape index (κ1) is 15.7. The Hall–Kier alpha value is -2.14. The van der Waals surface area contributed by atoms with Crippen molar-refractivity contribution in [2.24, 2.45) is 9.98 Å². The standard InChI is InChI=1S/C18H17BrN2O2/c1-23-18-5-2-12(6-17(18)22)8-20-10-14-11-21-9-13-7-15(19)3-4-16(13)14/h2-7,10-11,14,22H,8-9H2,1H3. The molecule has 0 fully saturated rings. The van der Waals surface area contributed by atoms with Crippen LogP contribution >= 0.6 is 15.9 Å². The lowest BCUT2D eigenvalue weighted by atomic mass is 9.94. The summed E-state index contributed by atoms with van der Waals surface area (Å²) in [7, 11) is 1.53. The van der Waals surface area contributed by atoms with Crippen molar-refractivity contribution in [1.82, 2.24) is 0 Å². The zero-order chi connectivity index (χ0) is 16.2. The van der Waals surface area contributed by atoms with Gasteiger partial charge in [-0.1, -0.05) is 28.1 Å². The molecule has 1 aliphatic rings. The number of benzene rings is 2. The van der Waals surface area contributed by atoms with E-state index in [2.05, 4.69) is 38.0 Å². The van der Waals surface area contributed by atoms with Gasteiger partial charge in [-0.15, -0.1) is 0 Å². The molecule has 0 saturated heterocycles. The van der Waals surface area contributed by atoms with Gasteiger partial charge in [0.1, 0.15) is 0 Å². The monoisotopic (exact) mass is 372 g/mol. The predicted molar refractivity (Wildman–Crippen MR) is 95.9 cm³/mol. The molecule has 0 spiro atoms. The van der Waals surface area contributed by atoms with E-state index >= 15 is 0 Å². The SMILES string of the molecule is COc1ccc(CN=CC2C=NCc3cc(Br)ccc32)cc1O. The lowest BCUT2D eigenvalue weighted by Gasteiger charge is -2.17. The Bertz CT molecular complexity index is 772. The van der Waals surface area contributed by atoms with Crippen LogP contribution in [0.25, 0.3) is 0 Å². The number of aliphatic imine (C=N–C) groups is 2. The molecule has 3 rings (SSSR count). The molecule has 0 amide bonds. The van der Waals surface area contributed by atoms with Crippen LogP contribution in [-0.4, -0.2) is 24.6 Å². The Morgan fingerprint density at radius 3 is 3.00 bits per heavy atom. The second-order valence-electron chi connectivity index (χ2n) is 5.35. The first-order valence-electron chi connectivity index (χ1n) is 7.31. The number of nitrogens with zero attached hydrogens (tertiary/aromatic N) is 2. The Balaban J connectivity index is 1.72. The quantitative estimate of drug-likeness (QED) is 0.821. The van der Waals surface area contributed by atoms with Gasteiger partial charge in [0, 0.05) is 16.9 Å². The maximum Gasteiger partial charge on any atom is 0.160 e. The third-order valence-corrected chi connectivity index (χ3v) is 4.27. The number of phenols is 1. The average molecular weight is 373 g/mol. The number of ether oxygens (including phenoxy) is 1. The van der Waals surface area contributed by atoms with E-state index in [0.717, 1.165) is 10.0 Å². The van der Waals surface area contributed by atoms with Crippen molar-refractivity contribution in [3.05, 3.63) is 57.6 Å². The summed E-state index contributed by atoms with van der Waals surface area (Å²) < 4.78 is 6.11. The van der Waals surface area contributed by atoms with E-state index < -0.39 is 0 Å². The van der Waals surface area contributed by atoms with Gasteiger partial charge in [-0.3, -0.25) is 9.98 Å². The summed E-state index contributed by atoms with van der Waals surface area (Å²) in [5.41, 5.74) is 3.40. The highest BCUT2D eigenvalue weighted by molar-refractivity contribution is 9.10. The fourth-order valence-electron chi connectivity index (χ4n) is 2.61. The Labute approximate surface area is 143 Å². The first-order chi connectivity index (χ1) is 11.2. The number of fused-ring (bicyclic) bond motifs is 1. The van der Waals surface area contributed by atoms with Gasteiger partial charge < -0.3 is 9.84 Å². The van der Waals surface area contributed by atoms with E-state index in [9.17, 15) is 5.11 Å². The summed E-state index contributed by atoms with van der Waals surface area (Å²) in [5.74, 6) is 0.699. The number of hydrogen-bond acceptors (Lipinski definition) is 4. The second kappa shape index (κ2) is 6.96. The Morgan fingerprint density at radius 2 is 2.22 bits per heavy atom. The molecule has 1 atom stereocenters. The summed E-state index contributed by atoms with van der Waals surface area (Å²) in [6.07, 6.45) is 3.85. The van der Waals surface area contributed by atoms with Crippen LogP contribution in [0, 0.1) is 0 Å². The molecule has 4 nitrogen and oxygen atoms in total. The van der Waals surface area contributed by atoms with Crippen LogP contribution in [0.2, 0.25) is 0 Å². The fraction of sp³-hybridized carbons (Fsp3) is 0.222.